The first-order chi connectivity index (χ1) is 7.91. The molecule has 0 aromatic heterocycles. The van der Waals surface area contributed by atoms with E-state index in [1.54, 1.807) is 0 Å². The van der Waals surface area contributed by atoms with E-state index in [-0.39, 0.29) is 0 Å². The summed E-state index contributed by atoms with van der Waals surface area (Å²) in [5.74, 6) is -1.49. The molecular formula is C9H10F6O3. The number of carbonyl (C=O) groups is 1. The van der Waals surface area contributed by atoms with Gasteiger partial charge in [-0.15, -0.1) is 0 Å². The number of hydrogen-bond donors (Lipinski definition) is 1. The highest BCUT2D eigenvalue weighted by atomic mass is 19.4. The zero-order valence-electron chi connectivity index (χ0n) is 9.10. The molecule has 18 heavy (non-hydrogen) atoms. The molecule has 0 saturated heterocycles. The zero-order valence-corrected chi connectivity index (χ0v) is 9.10. The summed E-state index contributed by atoms with van der Waals surface area (Å²) in [5.41, 5.74) is -5.12. The van der Waals surface area contributed by atoms with Crippen molar-refractivity contribution in [2.75, 3.05) is 0 Å². The van der Waals surface area contributed by atoms with Crippen LogP contribution in [0.4, 0.5) is 26.3 Å². The Labute approximate surface area is 98.0 Å². The van der Waals surface area contributed by atoms with Crippen molar-refractivity contribution in [1.29, 1.82) is 0 Å². The lowest BCUT2D eigenvalue weighted by atomic mass is 9.93. The molecule has 1 unspecified atom stereocenters. The molecule has 0 amide bonds. The maximum Gasteiger partial charge on any atom is 0.430 e. The minimum atomic E-state index is -6.03. The highest BCUT2D eigenvalue weighted by Gasteiger charge is 2.75. The average Bonchev–Trinajstić information content (AvgIpc) is 2.21. The molecule has 0 aliphatic heterocycles. The molecule has 1 atom stereocenters. The molecule has 0 radical (unpaired) electrons. The second-order valence-corrected chi connectivity index (χ2v) is 3.30. The van der Waals surface area contributed by atoms with Gasteiger partial charge in [-0.25, -0.2) is 4.79 Å². The normalized spacial score (nSPS) is 15.1. The molecule has 0 rings (SSSR count). The lowest BCUT2D eigenvalue weighted by Gasteiger charge is -2.37. The highest BCUT2D eigenvalue weighted by molar-refractivity contribution is 5.81. The third-order valence-corrected chi connectivity index (χ3v) is 2.13. The van der Waals surface area contributed by atoms with Crippen molar-refractivity contribution >= 4 is 5.97 Å². The van der Waals surface area contributed by atoms with E-state index in [1.807, 2.05) is 0 Å². The van der Waals surface area contributed by atoms with Gasteiger partial charge in [-0.1, -0.05) is 13.5 Å². The van der Waals surface area contributed by atoms with E-state index < -0.39 is 36.4 Å². The summed E-state index contributed by atoms with van der Waals surface area (Å²) < 4.78 is 78.3. The molecule has 0 spiro atoms. The van der Waals surface area contributed by atoms with E-state index in [2.05, 4.69) is 11.3 Å². The van der Waals surface area contributed by atoms with E-state index >= 15 is 0 Å². The molecule has 0 aliphatic carbocycles. The topological polar surface area (TPSA) is 46.5 Å². The number of esters is 1. The van der Waals surface area contributed by atoms with Crippen LogP contribution in [-0.2, 0) is 9.53 Å². The summed E-state index contributed by atoms with van der Waals surface area (Å²) in [7, 11) is 0. The van der Waals surface area contributed by atoms with Gasteiger partial charge in [-0.05, 0) is 6.42 Å². The Morgan fingerprint density at radius 2 is 1.67 bits per heavy atom. The van der Waals surface area contributed by atoms with Gasteiger partial charge >= 0.3 is 18.3 Å². The van der Waals surface area contributed by atoms with Gasteiger partial charge in [0.15, 0.2) is 0 Å². The summed E-state index contributed by atoms with van der Waals surface area (Å²) in [5, 5.41) is 8.93. The standard InChI is InChI=1S/C9H10F6O3/c1-3-5(18-6(16)4-2)7(17,8(10,11)12)9(13,14)15/h4-5,17H,2-3H2,1H3. The van der Waals surface area contributed by atoms with Crippen molar-refractivity contribution in [3.63, 3.8) is 0 Å². The molecule has 0 heterocycles. The van der Waals surface area contributed by atoms with Crippen molar-refractivity contribution in [2.45, 2.75) is 37.4 Å². The Morgan fingerprint density at radius 3 is 1.89 bits per heavy atom. The van der Waals surface area contributed by atoms with Crippen molar-refractivity contribution in [3.8, 4) is 0 Å². The van der Waals surface area contributed by atoms with Crippen LogP contribution in [0.25, 0.3) is 0 Å². The van der Waals surface area contributed by atoms with Crippen molar-refractivity contribution in [2.24, 2.45) is 0 Å². The molecule has 106 valence electrons. The summed E-state index contributed by atoms with van der Waals surface area (Å²) in [6, 6.07) is 0. The zero-order chi connectivity index (χ0) is 14.8. The second-order valence-electron chi connectivity index (χ2n) is 3.30. The maximum atomic E-state index is 12.4. The summed E-state index contributed by atoms with van der Waals surface area (Å²) >= 11 is 0. The van der Waals surface area contributed by atoms with Gasteiger partial charge in [0.25, 0.3) is 5.60 Å². The Kier molecular flexibility index (Phi) is 4.81. The molecule has 0 bridgehead atoms. The SMILES string of the molecule is C=CC(=O)OC(CC)C(O)(C(F)(F)F)C(F)(F)F. The van der Waals surface area contributed by atoms with Crippen LogP contribution in [0.5, 0.6) is 0 Å². The number of hydrogen-bond acceptors (Lipinski definition) is 3. The molecule has 0 aromatic rings. The summed E-state index contributed by atoms with van der Waals surface area (Å²) in [6.07, 6.45) is -15.4. The van der Waals surface area contributed by atoms with Crippen LogP contribution in [-0.4, -0.2) is 35.1 Å². The maximum absolute atomic E-state index is 12.4. The second kappa shape index (κ2) is 5.17. The van der Waals surface area contributed by atoms with Gasteiger partial charge in [0, 0.05) is 6.08 Å². The summed E-state index contributed by atoms with van der Waals surface area (Å²) in [6.45, 7) is 3.74. The van der Waals surface area contributed by atoms with Gasteiger partial charge in [-0.3, -0.25) is 0 Å². The number of alkyl halides is 6. The Morgan fingerprint density at radius 1 is 1.28 bits per heavy atom. The van der Waals surface area contributed by atoms with Gasteiger partial charge in [0.05, 0.1) is 0 Å². The minimum absolute atomic E-state index is 0.399. The third kappa shape index (κ3) is 2.95. The lowest BCUT2D eigenvalue weighted by Crippen LogP contribution is -2.65. The number of aliphatic hydroxyl groups is 1. The van der Waals surface area contributed by atoms with E-state index in [9.17, 15) is 31.1 Å². The van der Waals surface area contributed by atoms with Crippen LogP contribution in [0.2, 0.25) is 0 Å². The van der Waals surface area contributed by atoms with Crippen LogP contribution in [0.1, 0.15) is 13.3 Å². The smallest absolute Gasteiger partial charge is 0.430 e. The van der Waals surface area contributed by atoms with E-state index in [0.717, 1.165) is 6.92 Å². The Hall–Kier alpha value is -1.25. The first-order valence-corrected chi connectivity index (χ1v) is 4.60. The lowest BCUT2D eigenvalue weighted by molar-refractivity contribution is -0.391. The van der Waals surface area contributed by atoms with E-state index in [4.69, 9.17) is 5.11 Å². The number of carbonyl (C=O) groups excluding carboxylic acids is 1. The number of halogens is 6. The molecule has 3 nitrogen and oxygen atoms in total. The van der Waals surface area contributed by atoms with Crippen LogP contribution in [0.15, 0.2) is 12.7 Å². The van der Waals surface area contributed by atoms with Gasteiger partial charge in [0.2, 0.25) is 0 Å². The monoisotopic (exact) mass is 280 g/mol. The fourth-order valence-corrected chi connectivity index (χ4v) is 1.18. The number of rotatable bonds is 4. The van der Waals surface area contributed by atoms with E-state index in [0.29, 0.717) is 6.08 Å². The van der Waals surface area contributed by atoms with Gasteiger partial charge in [0.1, 0.15) is 6.10 Å². The van der Waals surface area contributed by atoms with Crippen LogP contribution in [0, 0.1) is 0 Å². The van der Waals surface area contributed by atoms with Crippen LogP contribution in [0.3, 0.4) is 0 Å². The van der Waals surface area contributed by atoms with Gasteiger partial charge < -0.3 is 9.84 Å². The van der Waals surface area contributed by atoms with Crippen LogP contribution >= 0.6 is 0 Å². The molecule has 0 saturated carbocycles. The largest absolute Gasteiger partial charge is 0.455 e. The highest BCUT2D eigenvalue weighted by Crippen LogP contribution is 2.46. The molecule has 1 N–H and O–H groups in total. The Balaban J connectivity index is 5.56. The quantitative estimate of drug-likeness (QED) is 0.488. The van der Waals surface area contributed by atoms with Gasteiger partial charge in [-0.2, -0.15) is 26.3 Å². The minimum Gasteiger partial charge on any atom is -0.455 e. The predicted octanol–water partition coefficient (Wildman–Crippen LogP) is 2.35. The third-order valence-electron chi connectivity index (χ3n) is 2.13. The van der Waals surface area contributed by atoms with Crippen molar-refractivity contribution in [1.82, 2.24) is 0 Å². The molecule has 9 heteroatoms. The molecular weight excluding hydrogens is 270 g/mol. The predicted molar refractivity (Wildman–Crippen MR) is 47.4 cm³/mol. The van der Waals surface area contributed by atoms with Crippen molar-refractivity contribution in [3.05, 3.63) is 12.7 Å². The first-order valence-electron chi connectivity index (χ1n) is 4.60. The summed E-state index contributed by atoms with van der Waals surface area (Å²) in [4.78, 5) is 10.7. The Bertz CT molecular complexity index is 305. The van der Waals surface area contributed by atoms with E-state index in [1.165, 1.54) is 0 Å². The molecule has 0 aromatic carbocycles. The first kappa shape index (κ1) is 16.8. The number of ether oxygens (including phenoxy) is 1. The fourth-order valence-electron chi connectivity index (χ4n) is 1.18. The van der Waals surface area contributed by atoms with Crippen molar-refractivity contribution < 1.29 is 41.0 Å². The average molecular weight is 280 g/mol. The molecule has 0 fully saturated rings. The molecule has 0 aliphatic rings. The van der Waals surface area contributed by atoms with Crippen LogP contribution < -0.4 is 0 Å². The fraction of sp³-hybridized carbons (Fsp3) is 0.667.